The van der Waals surface area contributed by atoms with Crippen LogP contribution in [0.15, 0.2) is 60.7 Å². The number of nitrogens with one attached hydrogen (secondary N) is 2. The molecule has 3 amide bonds. The van der Waals surface area contributed by atoms with Crippen molar-refractivity contribution in [1.82, 2.24) is 10.6 Å². The first-order chi connectivity index (χ1) is 20.3. The first kappa shape index (κ1) is 34.0. The van der Waals surface area contributed by atoms with Crippen LogP contribution < -0.4 is 20.4 Å². The number of nitrogens with zero attached hydrogens (tertiary/aromatic N) is 2. The fraction of sp³-hybridized carbons (Fsp3) is 0.406. The van der Waals surface area contributed by atoms with Crippen molar-refractivity contribution in [2.24, 2.45) is 0 Å². The van der Waals surface area contributed by atoms with Crippen LogP contribution in [-0.4, -0.2) is 83.5 Å². The number of aryl methyl sites for hydroxylation is 1. The molecule has 2 atom stereocenters. The standard InChI is InChI=1S/C32H40N4O6.ClH/c1-22-13-14-24-9-5-6-10-25(24)26(22)19-36-29-12-8-7-11-28(29)35(30(37)21-42-18-17-41-16-15-40-4)20-27(32(36)39)34-31(38)23(2)33-3;/h5-14,23,27,33H,15-21H2,1-4H3,(H,34,38);1H/t23?,27-;/m0./s1. The van der Waals surface area contributed by atoms with E-state index < -0.39 is 12.1 Å². The number of carbonyl (C=O) groups excluding carboxylic acids is 3. The third-order valence-electron chi connectivity index (χ3n) is 7.46. The Kier molecular flexibility index (Phi) is 12.9. The molecule has 10 nitrogen and oxygen atoms in total. The number of halogens is 1. The van der Waals surface area contributed by atoms with Crippen molar-refractivity contribution in [2.75, 3.05) is 63.5 Å². The molecule has 0 saturated heterocycles. The third kappa shape index (κ3) is 8.31. The molecule has 11 heteroatoms. The molecule has 0 spiro atoms. The Morgan fingerprint density at radius 3 is 2.37 bits per heavy atom. The first-order valence-electron chi connectivity index (χ1n) is 14.2. The predicted molar refractivity (Wildman–Crippen MR) is 170 cm³/mol. The molecule has 1 unspecified atom stereocenters. The van der Waals surface area contributed by atoms with Gasteiger partial charge in [0.2, 0.25) is 5.91 Å². The van der Waals surface area contributed by atoms with Crippen molar-refractivity contribution in [3.05, 3.63) is 71.8 Å². The molecule has 0 radical (unpaired) electrons. The minimum Gasteiger partial charge on any atom is -0.382 e. The number of methoxy groups -OCH3 is 1. The second kappa shape index (κ2) is 16.3. The van der Waals surface area contributed by atoms with Gasteiger partial charge in [-0.1, -0.05) is 48.5 Å². The summed E-state index contributed by atoms with van der Waals surface area (Å²) in [7, 11) is 3.28. The van der Waals surface area contributed by atoms with E-state index in [1.165, 1.54) is 4.90 Å². The zero-order valence-corrected chi connectivity index (χ0v) is 25.9. The van der Waals surface area contributed by atoms with Crippen LogP contribution in [0.25, 0.3) is 10.8 Å². The molecule has 3 aromatic carbocycles. The predicted octanol–water partition coefficient (Wildman–Crippen LogP) is 3.22. The Morgan fingerprint density at radius 1 is 0.953 bits per heavy atom. The quantitative estimate of drug-likeness (QED) is 0.285. The molecule has 0 aliphatic carbocycles. The first-order valence-corrected chi connectivity index (χ1v) is 14.2. The van der Waals surface area contributed by atoms with Gasteiger partial charge in [0.15, 0.2) is 0 Å². The minimum absolute atomic E-state index is 0. The van der Waals surface area contributed by atoms with E-state index in [4.69, 9.17) is 14.2 Å². The molecule has 43 heavy (non-hydrogen) atoms. The largest absolute Gasteiger partial charge is 0.382 e. The summed E-state index contributed by atoms with van der Waals surface area (Å²) in [6, 6.07) is 18.0. The van der Waals surface area contributed by atoms with E-state index in [2.05, 4.69) is 16.7 Å². The van der Waals surface area contributed by atoms with Gasteiger partial charge in [-0.25, -0.2) is 0 Å². The molecule has 0 saturated carbocycles. The van der Waals surface area contributed by atoms with Crippen LogP contribution in [0.2, 0.25) is 0 Å². The highest BCUT2D eigenvalue weighted by molar-refractivity contribution is 6.08. The van der Waals surface area contributed by atoms with Gasteiger partial charge < -0.3 is 34.6 Å². The summed E-state index contributed by atoms with van der Waals surface area (Å²) in [6.07, 6.45) is 0. The molecule has 0 aromatic heterocycles. The number of hydrogen-bond acceptors (Lipinski definition) is 7. The van der Waals surface area contributed by atoms with Gasteiger partial charge in [-0.2, -0.15) is 0 Å². The topological polar surface area (TPSA) is 109 Å². The van der Waals surface area contributed by atoms with Crippen LogP contribution in [0.1, 0.15) is 18.1 Å². The zero-order valence-electron chi connectivity index (χ0n) is 25.1. The maximum absolute atomic E-state index is 14.3. The van der Waals surface area contributed by atoms with Crippen LogP contribution in [0.5, 0.6) is 0 Å². The van der Waals surface area contributed by atoms with E-state index in [1.54, 1.807) is 26.0 Å². The number of carbonyl (C=O) groups is 3. The second-order valence-corrected chi connectivity index (χ2v) is 10.2. The van der Waals surface area contributed by atoms with Gasteiger partial charge in [-0.3, -0.25) is 14.4 Å². The monoisotopic (exact) mass is 612 g/mol. The van der Waals surface area contributed by atoms with Crippen LogP contribution >= 0.6 is 12.4 Å². The number of para-hydroxylation sites is 2. The van der Waals surface area contributed by atoms with Crippen molar-refractivity contribution in [2.45, 2.75) is 32.5 Å². The smallest absolute Gasteiger partial charge is 0.253 e. The van der Waals surface area contributed by atoms with E-state index in [1.807, 2.05) is 61.5 Å². The van der Waals surface area contributed by atoms with Crippen molar-refractivity contribution >= 4 is 52.3 Å². The highest BCUT2D eigenvalue weighted by Gasteiger charge is 2.37. The summed E-state index contributed by atoms with van der Waals surface area (Å²) < 4.78 is 16.0. The molecule has 1 heterocycles. The van der Waals surface area contributed by atoms with Crippen molar-refractivity contribution < 1.29 is 28.6 Å². The lowest BCUT2D eigenvalue weighted by Crippen LogP contribution is -2.56. The molecule has 4 rings (SSSR count). The number of amides is 3. The van der Waals surface area contributed by atoms with E-state index in [0.717, 1.165) is 21.9 Å². The average molecular weight is 613 g/mol. The van der Waals surface area contributed by atoms with Crippen molar-refractivity contribution in [3.8, 4) is 0 Å². The summed E-state index contributed by atoms with van der Waals surface area (Å²) in [5.41, 5.74) is 3.21. The Labute approximate surface area is 259 Å². The summed E-state index contributed by atoms with van der Waals surface area (Å²) >= 11 is 0. The van der Waals surface area contributed by atoms with E-state index in [-0.39, 0.29) is 56.4 Å². The Hall–Kier alpha value is -3.54. The fourth-order valence-electron chi connectivity index (χ4n) is 4.93. The highest BCUT2D eigenvalue weighted by Crippen LogP contribution is 2.35. The molecule has 1 aliphatic heterocycles. The third-order valence-corrected chi connectivity index (χ3v) is 7.46. The van der Waals surface area contributed by atoms with Crippen LogP contribution in [0.3, 0.4) is 0 Å². The Morgan fingerprint density at radius 2 is 1.63 bits per heavy atom. The van der Waals surface area contributed by atoms with Crippen molar-refractivity contribution in [1.29, 1.82) is 0 Å². The van der Waals surface area contributed by atoms with Gasteiger partial charge in [0.25, 0.3) is 11.8 Å². The zero-order chi connectivity index (χ0) is 30.1. The minimum atomic E-state index is -0.975. The molecule has 232 valence electrons. The summed E-state index contributed by atoms with van der Waals surface area (Å²) in [4.78, 5) is 44.0. The lowest BCUT2D eigenvalue weighted by Gasteiger charge is -2.27. The highest BCUT2D eigenvalue weighted by atomic mass is 35.5. The van der Waals surface area contributed by atoms with Crippen LogP contribution in [0, 0.1) is 6.92 Å². The summed E-state index contributed by atoms with van der Waals surface area (Å²) in [6.45, 7) is 5.25. The van der Waals surface area contributed by atoms with Crippen LogP contribution in [0.4, 0.5) is 11.4 Å². The fourth-order valence-corrected chi connectivity index (χ4v) is 4.93. The number of ether oxygens (including phenoxy) is 3. The van der Waals surface area contributed by atoms with Gasteiger partial charge in [-0.05, 0) is 54.9 Å². The average Bonchev–Trinajstić information content (AvgIpc) is 3.12. The van der Waals surface area contributed by atoms with Gasteiger partial charge in [0.1, 0.15) is 12.6 Å². The van der Waals surface area contributed by atoms with E-state index in [9.17, 15) is 14.4 Å². The number of anilines is 2. The van der Waals surface area contributed by atoms with Crippen LogP contribution in [-0.2, 0) is 35.1 Å². The van der Waals surface area contributed by atoms with Crippen molar-refractivity contribution in [3.63, 3.8) is 0 Å². The van der Waals surface area contributed by atoms with E-state index >= 15 is 0 Å². The molecular weight excluding hydrogens is 572 g/mol. The Bertz CT molecular complexity index is 1400. The maximum atomic E-state index is 14.3. The Balaban J connectivity index is 0.00000506. The molecule has 0 fully saturated rings. The molecule has 0 bridgehead atoms. The maximum Gasteiger partial charge on any atom is 0.253 e. The van der Waals surface area contributed by atoms with Gasteiger partial charge in [0.05, 0.1) is 56.9 Å². The summed E-state index contributed by atoms with van der Waals surface area (Å²) in [5.74, 6) is -0.953. The van der Waals surface area contributed by atoms with Gasteiger partial charge >= 0.3 is 0 Å². The number of hydrogen-bond donors (Lipinski definition) is 2. The lowest BCUT2D eigenvalue weighted by molar-refractivity contribution is -0.129. The second-order valence-electron chi connectivity index (χ2n) is 10.2. The normalized spacial score (nSPS) is 15.4. The molecular formula is C32H41ClN4O6. The summed E-state index contributed by atoms with van der Waals surface area (Å²) in [5, 5.41) is 7.91. The van der Waals surface area contributed by atoms with Gasteiger partial charge in [-0.15, -0.1) is 12.4 Å². The number of rotatable bonds is 13. The number of likely N-dealkylation sites (N-methyl/N-ethyl adjacent to an activating group) is 1. The number of benzene rings is 3. The van der Waals surface area contributed by atoms with E-state index in [0.29, 0.717) is 31.2 Å². The lowest BCUT2D eigenvalue weighted by atomic mass is 9.99. The SMILES string of the molecule is CNC(C)C(=O)N[C@H]1CN(C(=O)COCCOCCOC)c2ccccc2N(Cc2c(C)ccc3ccccc23)C1=O.Cl. The molecule has 3 aromatic rings. The number of fused-ring (bicyclic) bond motifs is 2. The van der Waals surface area contributed by atoms with Gasteiger partial charge in [0, 0.05) is 7.11 Å². The molecule has 1 aliphatic rings. The molecule has 2 N–H and O–H groups in total.